The van der Waals surface area contributed by atoms with Crippen LogP contribution in [0.15, 0.2) is 43.0 Å². The van der Waals surface area contributed by atoms with Crippen LogP contribution in [0.25, 0.3) is 0 Å². The van der Waals surface area contributed by atoms with Crippen molar-refractivity contribution in [1.29, 1.82) is 0 Å². The molecule has 3 aromatic rings. The topological polar surface area (TPSA) is 169 Å². The summed E-state index contributed by atoms with van der Waals surface area (Å²) in [7, 11) is -2.98. The maximum Gasteiger partial charge on any atom is 0.335 e. The second-order valence-electron chi connectivity index (χ2n) is 8.01. The average molecular weight is 525 g/mol. The maximum atomic E-state index is 14.0. The summed E-state index contributed by atoms with van der Waals surface area (Å²) in [6.45, 7) is -0.0428. The SMILES string of the molecule is CNS(=O)(=O)O[C@@H]1C[C@@H](Nc2ncncc2C(=O)c2ccn(Cc3ccc(F)cc3F)n2)[C@H](O)[C@H]1O. The van der Waals surface area contributed by atoms with E-state index < -0.39 is 52.1 Å². The molecule has 1 fully saturated rings. The number of nitrogens with one attached hydrogen (secondary N) is 2. The lowest BCUT2D eigenvalue weighted by Gasteiger charge is -2.19. The molecule has 0 spiro atoms. The molecule has 0 unspecified atom stereocenters. The Morgan fingerprint density at radius 3 is 2.75 bits per heavy atom. The summed E-state index contributed by atoms with van der Waals surface area (Å²) in [5.41, 5.74) is 0.156. The highest BCUT2D eigenvalue weighted by Crippen LogP contribution is 2.28. The predicted molar refractivity (Wildman–Crippen MR) is 120 cm³/mol. The zero-order chi connectivity index (χ0) is 26.0. The number of anilines is 1. The first-order chi connectivity index (χ1) is 17.1. The van der Waals surface area contributed by atoms with Gasteiger partial charge in [0.15, 0.2) is 0 Å². The largest absolute Gasteiger partial charge is 0.388 e. The third-order valence-electron chi connectivity index (χ3n) is 5.63. The van der Waals surface area contributed by atoms with Crippen LogP contribution in [0.3, 0.4) is 0 Å². The van der Waals surface area contributed by atoms with Crippen molar-refractivity contribution in [2.24, 2.45) is 0 Å². The van der Waals surface area contributed by atoms with E-state index in [1.807, 2.05) is 4.72 Å². The molecule has 1 saturated carbocycles. The van der Waals surface area contributed by atoms with Crippen LogP contribution in [0.5, 0.6) is 0 Å². The van der Waals surface area contributed by atoms with Gasteiger partial charge < -0.3 is 15.5 Å². The molecule has 1 aliphatic carbocycles. The lowest BCUT2D eigenvalue weighted by Crippen LogP contribution is -2.38. The van der Waals surface area contributed by atoms with Gasteiger partial charge in [0, 0.05) is 37.5 Å². The van der Waals surface area contributed by atoms with Gasteiger partial charge in [-0.3, -0.25) is 13.7 Å². The zero-order valence-corrected chi connectivity index (χ0v) is 19.6. The molecule has 4 atom stereocenters. The number of carbonyl (C=O) groups is 1. The molecule has 15 heteroatoms. The van der Waals surface area contributed by atoms with Gasteiger partial charge in [0.1, 0.15) is 47.8 Å². The van der Waals surface area contributed by atoms with E-state index in [1.165, 1.54) is 29.2 Å². The number of carbonyl (C=O) groups excluding carboxylic acids is 1. The molecular formula is C21H22F2N6O6S. The van der Waals surface area contributed by atoms with Crippen LogP contribution in [0.2, 0.25) is 0 Å². The molecule has 4 rings (SSSR count). The molecule has 0 saturated heterocycles. The molecule has 1 aromatic carbocycles. The van der Waals surface area contributed by atoms with Gasteiger partial charge in [-0.15, -0.1) is 0 Å². The summed E-state index contributed by atoms with van der Waals surface area (Å²) in [5.74, 6) is -2.03. The van der Waals surface area contributed by atoms with E-state index in [-0.39, 0.29) is 35.6 Å². The summed E-state index contributed by atoms with van der Waals surface area (Å²) in [4.78, 5) is 21.0. The van der Waals surface area contributed by atoms with E-state index in [9.17, 15) is 32.2 Å². The van der Waals surface area contributed by atoms with Crippen molar-refractivity contribution in [2.45, 2.75) is 37.3 Å². The number of aliphatic hydroxyl groups excluding tert-OH is 2. The summed E-state index contributed by atoms with van der Waals surface area (Å²) < 4.78 is 58.5. The van der Waals surface area contributed by atoms with E-state index in [0.717, 1.165) is 25.5 Å². The lowest BCUT2D eigenvalue weighted by molar-refractivity contribution is -0.00882. The van der Waals surface area contributed by atoms with Crippen LogP contribution in [0.4, 0.5) is 14.6 Å². The van der Waals surface area contributed by atoms with Crippen LogP contribution >= 0.6 is 0 Å². The van der Waals surface area contributed by atoms with Crippen molar-refractivity contribution in [3.8, 4) is 0 Å². The molecule has 2 heterocycles. The quantitative estimate of drug-likeness (QED) is 0.279. The summed E-state index contributed by atoms with van der Waals surface area (Å²) in [5, 5.41) is 27.6. The minimum absolute atomic E-state index is 0.00961. The first-order valence-corrected chi connectivity index (χ1v) is 12.1. The molecule has 4 N–H and O–H groups in total. The molecule has 0 radical (unpaired) electrons. The monoisotopic (exact) mass is 524 g/mol. The fraction of sp³-hybridized carbons (Fsp3) is 0.333. The average Bonchev–Trinajstić information content (AvgIpc) is 3.41. The molecule has 0 bridgehead atoms. The van der Waals surface area contributed by atoms with Crippen LogP contribution in [-0.4, -0.2) is 75.6 Å². The molecule has 192 valence electrons. The summed E-state index contributed by atoms with van der Waals surface area (Å²) in [6, 6.07) is 3.65. The van der Waals surface area contributed by atoms with Crippen LogP contribution in [-0.2, 0) is 21.0 Å². The van der Waals surface area contributed by atoms with Gasteiger partial charge in [0.05, 0.1) is 18.2 Å². The van der Waals surface area contributed by atoms with Crippen molar-refractivity contribution >= 4 is 21.9 Å². The first-order valence-electron chi connectivity index (χ1n) is 10.6. The number of hydrogen-bond acceptors (Lipinski definition) is 10. The Bertz CT molecular complexity index is 1370. The van der Waals surface area contributed by atoms with Crippen LogP contribution in [0.1, 0.15) is 28.0 Å². The highest BCUT2D eigenvalue weighted by Gasteiger charge is 2.44. The van der Waals surface area contributed by atoms with Gasteiger partial charge in [-0.2, -0.15) is 18.2 Å². The minimum atomic E-state index is -4.12. The molecular weight excluding hydrogens is 502 g/mol. The van der Waals surface area contributed by atoms with E-state index in [0.29, 0.717) is 0 Å². The molecule has 12 nitrogen and oxygen atoms in total. The second kappa shape index (κ2) is 10.3. The number of halogens is 2. The van der Waals surface area contributed by atoms with E-state index in [1.54, 1.807) is 0 Å². The van der Waals surface area contributed by atoms with Crippen LogP contribution < -0.4 is 10.0 Å². The van der Waals surface area contributed by atoms with Crippen molar-refractivity contribution < 1.29 is 36.4 Å². The number of rotatable bonds is 9. The number of aliphatic hydroxyl groups is 2. The number of benzene rings is 1. The third-order valence-corrected chi connectivity index (χ3v) is 6.63. The highest BCUT2D eigenvalue weighted by atomic mass is 32.2. The van der Waals surface area contributed by atoms with E-state index in [2.05, 4.69) is 20.4 Å². The standard InChI is InChI=1S/C21H22F2N6O6S/c1-24-36(33,34)35-17-7-16(19(31)20(17)32)27-21-13(8-25-10-26-21)18(30)15-4-5-29(28-15)9-11-2-3-12(22)6-14(11)23/h2-6,8,10,16-17,19-20,24,31-32H,7,9H2,1H3,(H,25,26,27)/t16-,17-,19+,20+/m1/s1. The lowest BCUT2D eigenvalue weighted by atomic mass is 10.1. The van der Waals surface area contributed by atoms with E-state index in [4.69, 9.17) is 4.18 Å². The van der Waals surface area contributed by atoms with Crippen molar-refractivity contribution in [1.82, 2.24) is 24.5 Å². The Hall–Kier alpha value is -3.37. The molecule has 0 amide bonds. The molecule has 0 aliphatic heterocycles. The Labute approximate surface area is 204 Å². The maximum absolute atomic E-state index is 14.0. The van der Waals surface area contributed by atoms with Gasteiger partial charge in [-0.1, -0.05) is 6.07 Å². The number of nitrogens with zero attached hydrogens (tertiary/aromatic N) is 4. The predicted octanol–water partition coefficient (Wildman–Crippen LogP) is -0.0140. The van der Waals surface area contributed by atoms with E-state index >= 15 is 0 Å². The Morgan fingerprint density at radius 1 is 1.25 bits per heavy atom. The Morgan fingerprint density at radius 2 is 2.03 bits per heavy atom. The normalized spacial score (nSPS) is 22.0. The fourth-order valence-corrected chi connectivity index (χ4v) is 4.37. The molecule has 2 aromatic heterocycles. The van der Waals surface area contributed by atoms with Gasteiger partial charge in [-0.25, -0.2) is 18.7 Å². The number of aromatic nitrogens is 4. The molecule has 1 aliphatic rings. The second-order valence-corrected chi connectivity index (χ2v) is 9.52. The van der Waals surface area contributed by atoms with Crippen molar-refractivity contribution in [3.05, 3.63) is 71.4 Å². The van der Waals surface area contributed by atoms with Gasteiger partial charge in [0.25, 0.3) is 0 Å². The van der Waals surface area contributed by atoms with Crippen molar-refractivity contribution in [2.75, 3.05) is 12.4 Å². The third kappa shape index (κ3) is 5.55. The smallest absolute Gasteiger partial charge is 0.335 e. The fourth-order valence-electron chi connectivity index (χ4n) is 3.76. The number of hydrogen-bond donors (Lipinski definition) is 4. The Kier molecular flexibility index (Phi) is 7.37. The van der Waals surface area contributed by atoms with Crippen molar-refractivity contribution in [3.63, 3.8) is 0 Å². The van der Waals surface area contributed by atoms with Crippen LogP contribution in [0, 0.1) is 11.6 Å². The highest BCUT2D eigenvalue weighted by molar-refractivity contribution is 7.84. The summed E-state index contributed by atoms with van der Waals surface area (Å²) in [6.07, 6.45) is -0.454. The first kappa shape index (κ1) is 25.7. The zero-order valence-electron chi connectivity index (χ0n) is 18.7. The number of ketones is 1. The summed E-state index contributed by atoms with van der Waals surface area (Å²) >= 11 is 0. The molecule has 36 heavy (non-hydrogen) atoms. The van der Waals surface area contributed by atoms with Gasteiger partial charge in [-0.05, 0) is 12.1 Å². The Balaban J connectivity index is 1.50. The van der Waals surface area contributed by atoms with Gasteiger partial charge >= 0.3 is 10.3 Å². The van der Waals surface area contributed by atoms with Gasteiger partial charge in [0.2, 0.25) is 5.78 Å². The minimum Gasteiger partial charge on any atom is -0.388 e.